The summed E-state index contributed by atoms with van der Waals surface area (Å²) in [5.74, 6) is 0.353. The third-order valence-corrected chi connectivity index (χ3v) is 5.29. The second kappa shape index (κ2) is 11.8. The Balaban J connectivity index is 1.79. The van der Waals surface area contributed by atoms with Crippen LogP contribution in [0.4, 0.5) is 0 Å². The summed E-state index contributed by atoms with van der Waals surface area (Å²) in [4.78, 5) is 11.1. The van der Waals surface area contributed by atoms with Gasteiger partial charge < -0.3 is 24.5 Å². The van der Waals surface area contributed by atoms with Gasteiger partial charge in [-0.2, -0.15) is 0 Å². The Morgan fingerprint density at radius 2 is 2.18 bits per heavy atom. The smallest absolute Gasteiger partial charge is 0.305 e. The maximum absolute atomic E-state index is 11.1. The summed E-state index contributed by atoms with van der Waals surface area (Å²) in [6, 6.07) is 3.70. The zero-order chi connectivity index (χ0) is 20.4. The number of hydrogen-bond donors (Lipinski definition) is 3. The lowest BCUT2D eigenvalue weighted by Crippen LogP contribution is -2.20. The summed E-state index contributed by atoms with van der Waals surface area (Å²) in [7, 11) is 1.38. The van der Waals surface area contributed by atoms with E-state index in [1.165, 1.54) is 7.11 Å². The maximum Gasteiger partial charge on any atom is 0.305 e. The van der Waals surface area contributed by atoms with Crippen molar-refractivity contribution in [3.63, 3.8) is 0 Å². The molecule has 0 aromatic carbocycles. The fourth-order valence-electron chi connectivity index (χ4n) is 3.64. The summed E-state index contributed by atoms with van der Waals surface area (Å²) in [5, 5.41) is 30.7. The van der Waals surface area contributed by atoms with Crippen LogP contribution in [0.2, 0.25) is 0 Å². The van der Waals surface area contributed by atoms with Gasteiger partial charge in [0.25, 0.3) is 0 Å². The Kier molecular flexibility index (Phi) is 9.47. The molecule has 2 rings (SSSR count). The van der Waals surface area contributed by atoms with Gasteiger partial charge in [0.1, 0.15) is 5.76 Å². The van der Waals surface area contributed by atoms with Gasteiger partial charge in [0, 0.05) is 25.2 Å². The highest BCUT2D eigenvalue weighted by Gasteiger charge is 2.39. The SMILES string of the molecule is COC(=O)CCC/C=C\C[C@@H]1[C@@H](/C=C/[C@@H](O)CCc2ccco2)[C@H](O)C[C@@H]1O. The molecule has 0 aliphatic heterocycles. The highest BCUT2D eigenvalue weighted by Crippen LogP contribution is 2.36. The number of allylic oxidation sites excluding steroid dienone is 2. The van der Waals surface area contributed by atoms with Crippen LogP contribution in [0.25, 0.3) is 0 Å². The van der Waals surface area contributed by atoms with Crippen molar-refractivity contribution in [1.82, 2.24) is 0 Å². The van der Waals surface area contributed by atoms with Crippen molar-refractivity contribution in [2.75, 3.05) is 7.11 Å². The molecule has 156 valence electrons. The van der Waals surface area contributed by atoms with Crippen LogP contribution in [-0.2, 0) is 16.0 Å². The first-order valence-electron chi connectivity index (χ1n) is 9.98. The van der Waals surface area contributed by atoms with E-state index in [0.717, 1.165) is 18.6 Å². The van der Waals surface area contributed by atoms with E-state index in [2.05, 4.69) is 4.74 Å². The van der Waals surface area contributed by atoms with Gasteiger partial charge >= 0.3 is 5.97 Å². The number of methoxy groups -OCH3 is 1. The first kappa shape index (κ1) is 22.4. The minimum absolute atomic E-state index is 0.0830. The topological polar surface area (TPSA) is 100 Å². The molecule has 6 heteroatoms. The monoisotopic (exact) mass is 392 g/mol. The molecule has 0 radical (unpaired) electrons. The first-order chi connectivity index (χ1) is 13.5. The van der Waals surface area contributed by atoms with Crippen LogP contribution in [0.1, 0.15) is 44.3 Å². The summed E-state index contributed by atoms with van der Waals surface area (Å²) >= 11 is 0. The van der Waals surface area contributed by atoms with Crippen molar-refractivity contribution in [2.45, 2.75) is 63.3 Å². The Morgan fingerprint density at radius 3 is 2.89 bits per heavy atom. The minimum Gasteiger partial charge on any atom is -0.469 e. The molecule has 1 aromatic rings. The van der Waals surface area contributed by atoms with E-state index >= 15 is 0 Å². The Labute approximate surface area is 166 Å². The summed E-state index contributed by atoms with van der Waals surface area (Å²) in [5.41, 5.74) is 0. The van der Waals surface area contributed by atoms with Crippen molar-refractivity contribution in [3.8, 4) is 0 Å². The fraction of sp³-hybridized carbons (Fsp3) is 0.591. The van der Waals surface area contributed by atoms with Gasteiger partial charge in [-0.25, -0.2) is 0 Å². The van der Waals surface area contributed by atoms with E-state index in [-0.39, 0.29) is 17.8 Å². The number of aliphatic hydroxyl groups excluding tert-OH is 3. The zero-order valence-electron chi connectivity index (χ0n) is 16.4. The number of furan rings is 1. The third kappa shape index (κ3) is 7.26. The molecule has 0 unspecified atom stereocenters. The van der Waals surface area contributed by atoms with Crippen molar-refractivity contribution >= 4 is 5.97 Å². The van der Waals surface area contributed by atoms with E-state index in [1.54, 1.807) is 12.3 Å². The maximum atomic E-state index is 11.1. The number of carbonyl (C=O) groups is 1. The van der Waals surface area contributed by atoms with Gasteiger partial charge in [-0.05, 0) is 43.7 Å². The molecular formula is C22H32O6. The fourth-order valence-corrected chi connectivity index (χ4v) is 3.64. The predicted octanol–water partition coefficient (Wildman–Crippen LogP) is 2.78. The number of carbonyl (C=O) groups excluding carboxylic acids is 1. The molecule has 0 saturated heterocycles. The van der Waals surface area contributed by atoms with Crippen LogP contribution in [-0.4, -0.2) is 46.7 Å². The lowest BCUT2D eigenvalue weighted by molar-refractivity contribution is -0.140. The number of ether oxygens (including phenoxy) is 1. The average molecular weight is 392 g/mol. The highest BCUT2D eigenvalue weighted by molar-refractivity contribution is 5.69. The minimum atomic E-state index is -0.621. The van der Waals surface area contributed by atoms with Crippen molar-refractivity contribution in [2.24, 2.45) is 11.8 Å². The number of hydrogen-bond acceptors (Lipinski definition) is 6. The molecule has 3 N–H and O–H groups in total. The van der Waals surface area contributed by atoms with Crippen LogP contribution in [0, 0.1) is 11.8 Å². The molecule has 1 aromatic heterocycles. The Morgan fingerprint density at radius 1 is 1.36 bits per heavy atom. The van der Waals surface area contributed by atoms with Gasteiger partial charge in [-0.1, -0.05) is 24.3 Å². The summed E-state index contributed by atoms with van der Waals surface area (Å²) in [6.45, 7) is 0. The first-order valence-corrected chi connectivity index (χ1v) is 9.98. The van der Waals surface area contributed by atoms with Crippen molar-refractivity contribution in [1.29, 1.82) is 0 Å². The molecular weight excluding hydrogens is 360 g/mol. The average Bonchev–Trinajstić information content (AvgIpc) is 3.29. The molecule has 0 bridgehead atoms. The number of aliphatic hydroxyl groups is 3. The quantitative estimate of drug-likeness (QED) is 0.304. The lowest BCUT2D eigenvalue weighted by atomic mass is 9.89. The van der Waals surface area contributed by atoms with E-state index in [0.29, 0.717) is 32.1 Å². The van der Waals surface area contributed by atoms with E-state index in [9.17, 15) is 20.1 Å². The van der Waals surface area contributed by atoms with Crippen LogP contribution in [0.15, 0.2) is 47.1 Å². The zero-order valence-corrected chi connectivity index (χ0v) is 16.4. The number of rotatable bonds is 11. The van der Waals surface area contributed by atoms with Crippen LogP contribution in [0.5, 0.6) is 0 Å². The number of aryl methyl sites for hydroxylation is 1. The van der Waals surface area contributed by atoms with Crippen molar-refractivity contribution in [3.05, 3.63) is 48.5 Å². The number of esters is 1. The molecule has 1 fully saturated rings. The van der Waals surface area contributed by atoms with Gasteiger partial charge in [-0.3, -0.25) is 4.79 Å². The van der Waals surface area contributed by atoms with Gasteiger partial charge in [0.05, 0.1) is 31.7 Å². The molecule has 5 atom stereocenters. The normalized spacial score (nSPS) is 26.3. The van der Waals surface area contributed by atoms with Crippen molar-refractivity contribution < 1.29 is 29.3 Å². The summed E-state index contributed by atoms with van der Waals surface area (Å²) in [6.07, 6.45) is 11.4. The third-order valence-electron chi connectivity index (χ3n) is 5.29. The molecule has 6 nitrogen and oxygen atoms in total. The van der Waals surface area contributed by atoms with Gasteiger partial charge in [-0.15, -0.1) is 0 Å². The standard InChI is InChI=1S/C22H32O6/c1-27-22(26)9-5-3-2-4-8-18-19(21(25)15-20(18)24)13-11-16(23)10-12-17-7-6-14-28-17/h2,4,6-7,11,13-14,16,18-21,23-25H,3,5,8-10,12,15H2,1H3/b4-2-,13-11+/t16-,18+,19+,20-,21+/m0/s1. The molecule has 1 aliphatic carbocycles. The highest BCUT2D eigenvalue weighted by atomic mass is 16.5. The molecule has 1 saturated carbocycles. The molecule has 0 amide bonds. The van der Waals surface area contributed by atoms with E-state index in [1.807, 2.05) is 30.4 Å². The van der Waals surface area contributed by atoms with Crippen LogP contribution < -0.4 is 0 Å². The largest absolute Gasteiger partial charge is 0.469 e. The molecule has 0 spiro atoms. The Hall–Kier alpha value is -1.89. The van der Waals surface area contributed by atoms with E-state index < -0.39 is 18.3 Å². The second-order valence-corrected chi connectivity index (χ2v) is 7.36. The summed E-state index contributed by atoms with van der Waals surface area (Å²) < 4.78 is 9.87. The van der Waals surface area contributed by atoms with Gasteiger partial charge in [0.2, 0.25) is 0 Å². The van der Waals surface area contributed by atoms with Crippen LogP contribution >= 0.6 is 0 Å². The predicted molar refractivity (Wildman–Crippen MR) is 105 cm³/mol. The molecule has 1 heterocycles. The van der Waals surface area contributed by atoms with Gasteiger partial charge in [0.15, 0.2) is 0 Å². The molecule has 28 heavy (non-hydrogen) atoms. The lowest BCUT2D eigenvalue weighted by Gasteiger charge is -2.19. The second-order valence-electron chi connectivity index (χ2n) is 7.36. The number of unbranched alkanes of at least 4 members (excludes halogenated alkanes) is 1. The Bertz CT molecular complexity index is 621. The van der Waals surface area contributed by atoms with Crippen LogP contribution in [0.3, 0.4) is 0 Å². The van der Waals surface area contributed by atoms with E-state index in [4.69, 9.17) is 4.42 Å². The molecule has 1 aliphatic rings.